The van der Waals surface area contributed by atoms with Crippen molar-refractivity contribution in [3.05, 3.63) is 96.3 Å². The maximum absolute atomic E-state index is 10.9. The number of aliphatic hydroxyl groups is 2. The summed E-state index contributed by atoms with van der Waals surface area (Å²) in [4.78, 5) is 4.62. The summed E-state index contributed by atoms with van der Waals surface area (Å²) in [6, 6.07) is 26.5. The van der Waals surface area contributed by atoms with Crippen LogP contribution in [0, 0.1) is 0 Å². The Kier molecular flexibility index (Phi) is 5.37. The molecule has 5 nitrogen and oxygen atoms in total. The first-order valence-corrected chi connectivity index (χ1v) is 9.26. The van der Waals surface area contributed by atoms with Crippen molar-refractivity contribution in [2.45, 2.75) is 18.8 Å². The van der Waals surface area contributed by atoms with E-state index in [2.05, 4.69) is 4.98 Å². The Hall–Kier alpha value is -3.15. The van der Waals surface area contributed by atoms with E-state index in [4.69, 9.17) is 4.74 Å². The molecular formula is C23H22N2O3. The van der Waals surface area contributed by atoms with Gasteiger partial charge in [0.15, 0.2) is 0 Å². The molecule has 0 aliphatic heterocycles. The van der Waals surface area contributed by atoms with Gasteiger partial charge in [-0.05, 0) is 29.8 Å². The molecule has 1 heterocycles. The summed E-state index contributed by atoms with van der Waals surface area (Å²) < 4.78 is 7.53. The quantitative estimate of drug-likeness (QED) is 0.519. The molecule has 2 N–H and O–H groups in total. The summed E-state index contributed by atoms with van der Waals surface area (Å²) in [6.45, 7) is 0.421. The van der Waals surface area contributed by atoms with Crippen LogP contribution in [0.15, 0.2) is 84.9 Å². The zero-order valence-electron chi connectivity index (χ0n) is 15.3. The van der Waals surface area contributed by atoms with Crippen LogP contribution in [-0.2, 0) is 6.54 Å². The van der Waals surface area contributed by atoms with Crippen LogP contribution in [0.25, 0.3) is 11.0 Å². The van der Waals surface area contributed by atoms with Gasteiger partial charge in [-0.3, -0.25) is 0 Å². The zero-order chi connectivity index (χ0) is 19.3. The minimum atomic E-state index is -0.879. The molecule has 0 aliphatic rings. The van der Waals surface area contributed by atoms with Gasteiger partial charge in [-0.1, -0.05) is 60.7 Å². The third-order valence-electron chi connectivity index (χ3n) is 4.62. The third-order valence-corrected chi connectivity index (χ3v) is 4.62. The number of aliphatic hydroxyl groups excluding tert-OH is 2. The average molecular weight is 374 g/mol. The maximum atomic E-state index is 10.9. The van der Waals surface area contributed by atoms with E-state index in [1.807, 2.05) is 89.5 Å². The van der Waals surface area contributed by atoms with Crippen LogP contribution in [-0.4, -0.2) is 32.5 Å². The first-order chi connectivity index (χ1) is 13.7. The van der Waals surface area contributed by atoms with Crippen LogP contribution >= 0.6 is 0 Å². The van der Waals surface area contributed by atoms with E-state index in [-0.39, 0.29) is 13.2 Å². The van der Waals surface area contributed by atoms with E-state index in [1.54, 1.807) is 0 Å². The van der Waals surface area contributed by atoms with Crippen LogP contribution < -0.4 is 4.74 Å². The minimum absolute atomic E-state index is 0.150. The lowest BCUT2D eigenvalue weighted by Gasteiger charge is -2.18. The molecule has 0 amide bonds. The molecule has 0 spiro atoms. The van der Waals surface area contributed by atoms with E-state index < -0.39 is 12.2 Å². The van der Waals surface area contributed by atoms with Crippen LogP contribution in [0.5, 0.6) is 5.75 Å². The van der Waals surface area contributed by atoms with Gasteiger partial charge in [0, 0.05) is 0 Å². The van der Waals surface area contributed by atoms with Crippen molar-refractivity contribution in [2.24, 2.45) is 0 Å². The summed E-state index contributed by atoms with van der Waals surface area (Å²) >= 11 is 0. The molecule has 28 heavy (non-hydrogen) atoms. The molecule has 1 aromatic heterocycles. The Labute approximate surface area is 163 Å². The number of aromatic nitrogens is 2. The highest BCUT2D eigenvalue weighted by Gasteiger charge is 2.21. The predicted octanol–water partition coefficient (Wildman–Crippen LogP) is 3.56. The summed E-state index contributed by atoms with van der Waals surface area (Å²) in [7, 11) is 0. The van der Waals surface area contributed by atoms with Crippen LogP contribution in [0.4, 0.5) is 0 Å². The Morgan fingerprint density at radius 3 is 2.21 bits per heavy atom. The van der Waals surface area contributed by atoms with E-state index in [9.17, 15) is 10.2 Å². The number of ether oxygens (including phenoxy) is 1. The van der Waals surface area contributed by atoms with Crippen molar-refractivity contribution >= 4 is 11.0 Å². The molecule has 0 saturated carbocycles. The highest BCUT2D eigenvalue weighted by Crippen LogP contribution is 2.26. The normalized spacial score (nSPS) is 13.4. The first-order valence-electron chi connectivity index (χ1n) is 9.26. The molecule has 142 valence electrons. The second kappa shape index (κ2) is 8.25. The van der Waals surface area contributed by atoms with Gasteiger partial charge < -0.3 is 19.5 Å². The van der Waals surface area contributed by atoms with Crippen LogP contribution in [0.1, 0.15) is 17.5 Å². The van der Waals surface area contributed by atoms with Crippen LogP contribution in [0.3, 0.4) is 0 Å². The molecule has 0 saturated heterocycles. The van der Waals surface area contributed by atoms with E-state index in [1.165, 1.54) is 0 Å². The fraction of sp³-hybridized carbons (Fsp3) is 0.174. The Morgan fingerprint density at radius 1 is 0.821 bits per heavy atom. The highest BCUT2D eigenvalue weighted by molar-refractivity contribution is 5.76. The van der Waals surface area contributed by atoms with Gasteiger partial charge in [0.2, 0.25) is 0 Å². The predicted molar refractivity (Wildman–Crippen MR) is 108 cm³/mol. The standard InChI is InChI=1S/C23H22N2O3/c26-18(16-28-19-11-5-2-6-12-19)15-25-21-14-8-7-13-20(21)24-23(25)22(27)17-9-3-1-4-10-17/h1-14,18,22,26-27H,15-16H2/t18-,22+/m0/s1. The number of fused-ring (bicyclic) bond motifs is 1. The highest BCUT2D eigenvalue weighted by atomic mass is 16.5. The number of hydrogen-bond acceptors (Lipinski definition) is 4. The second-order valence-corrected chi connectivity index (χ2v) is 6.66. The van der Waals surface area contributed by atoms with Crippen molar-refractivity contribution in [2.75, 3.05) is 6.61 Å². The number of hydrogen-bond donors (Lipinski definition) is 2. The first kappa shape index (κ1) is 18.2. The molecule has 0 fully saturated rings. The van der Waals surface area contributed by atoms with E-state index in [0.717, 1.165) is 16.6 Å². The lowest BCUT2D eigenvalue weighted by molar-refractivity contribution is 0.0902. The molecule has 5 heteroatoms. The minimum Gasteiger partial charge on any atom is -0.491 e. The monoisotopic (exact) mass is 374 g/mol. The zero-order valence-corrected chi connectivity index (χ0v) is 15.3. The lowest BCUT2D eigenvalue weighted by atomic mass is 10.1. The van der Waals surface area contributed by atoms with Gasteiger partial charge >= 0.3 is 0 Å². The van der Waals surface area contributed by atoms with Gasteiger partial charge in [-0.25, -0.2) is 4.98 Å². The Balaban J connectivity index is 1.60. The largest absolute Gasteiger partial charge is 0.491 e. The summed E-state index contributed by atoms with van der Waals surface area (Å²) in [5, 5.41) is 21.5. The topological polar surface area (TPSA) is 67.5 Å². The molecule has 3 aromatic carbocycles. The smallest absolute Gasteiger partial charge is 0.143 e. The molecular weight excluding hydrogens is 352 g/mol. The summed E-state index contributed by atoms with van der Waals surface area (Å²) in [6.07, 6.45) is -1.63. The molecule has 2 atom stereocenters. The fourth-order valence-electron chi connectivity index (χ4n) is 3.25. The molecule has 0 aliphatic carbocycles. The lowest BCUT2D eigenvalue weighted by Crippen LogP contribution is -2.25. The van der Waals surface area contributed by atoms with E-state index in [0.29, 0.717) is 11.6 Å². The summed E-state index contributed by atoms with van der Waals surface area (Å²) in [5.74, 6) is 1.22. The third kappa shape index (κ3) is 3.91. The SMILES string of the molecule is O[C@H](COc1ccccc1)Cn1c([C@H](O)c2ccccc2)nc2ccccc21. The van der Waals surface area contributed by atoms with Crippen molar-refractivity contribution in [3.8, 4) is 5.75 Å². The number of imidazole rings is 1. The maximum Gasteiger partial charge on any atom is 0.143 e. The molecule has 0 radical (unpaired) electrons. The Morgan fingerprint density at radius 2 is 1.46 bits per heavy atom. The summed E-state index contributed by atoms with van der Waals surface area (Å²) in [5.41, 5.74) is 2.41. The number of para-hydroxylation sites is 3. The molecule has 4 aromatic rings. The van der Waals surface area contributed by atoms with Gasteiger partial charge in [0.05, 0.1) is 17.6 Å². The molecule has 4 rings (SSSR count). The van der Waals surface area contributed by atoms with Gasteiger partial charge in [-0.15, -0.1) is 0 Å². The Bertz CT molecular complexity index is 1030. The van der Waals surface area contributed by atoms with Gasteiger partial charge in [0.1, 0.15) is 30.4 Å². The van der Waals surface area contributed by atoms with Crippen molar-refractivity contribution in [1.29, 1.82) is 0 Å². The van der Waals surface area contributed by atoms with Crippen molar-refractivity contribution < 1.29 is 14.9 Å². The number of benzene rings is 3. The van der Waals surface area contributed by atoms with Crippen molar-refractivity contribution in [3.63, 3.8) is 0 Å². The van der Waals surface area contributed by atoms with Gasteiger partial charge in [0.25, 0.3) is 0 Å². The average Bonchev–Trinajstić information content (AvgIpc) is 3.11. The number of nitrogens with zero attached hydrogens (tertiary/aromatic N) is 2. The van der Waals surface area contributed by atoms with Crippen molar-refractivity contribution in [1.82, 2.24) is 9.55 Å². The van der Waals surface area contributed by atoms with Gasteiger partial charge in [-0.2, -0.15) is 0 Å². The second-order valence-electron chi connectivity index (χ2n) is 6.66. The fourth-order valence-corrected chi connectivity index (χ4v) is 3.25. The van der Waals surface area contributed by atoms with E-state index >= 15 is 0 Å². The number of rotatable bonds is 7. The molecule has 0 unspecified atom stereocenters. The van der Waals surface area contributed by atoms with Crippen LogP contribution in [0.2, 0.25) is 0 Å². The molecule has 0 bridgehead atoms.